The topological polar surface area (TPSA) is 56.0 Å². The SMILES string of the molecule is Nc1ccc(CCC(=O)c2cncc3ccccc23)cc1. The maximum absolute atomic E-state index is 12.4. The number of aryl methyl sites for hydroxylation is 1. The van der Waals surface area contributed by atoms with Crippen molar-refractivity contribution < 1.29 is 4.79 Å². The van der Waals surface area contributed by atoms with Crippen molar-refractivity contribution in [2.24, 2.45) is 0 Å². The van der Waals surface area contributed by atoms with E-state index in [4.69, 9.17) is 5.73 Å². The number of fused-ring (bicyclic) bond motifs is 1. The summed E-state index contributed by atoms with van der Waals surface area (Å²) in [5.74, 6) is 0.121. The van der Waals surface area contributed by atoms with Crippen LogP contribution in [0.5, 0.6) is 0 Å². The van der Waals surface area contributed by atoms with Crippen molar-refractivity contribution in [3.05, 3.63) is 72.1 Å². The fraction of sp³-hybridized carbons (Fsp3) is 0.111. The molecular weight excluding hydrogens is 260 g/mol. The molecule has 21 heavy (non-hydrogen) atoms. The van der Waals surface area contributed by atoms with E-state index in [-0.39, 0.29) is 5.78 Å². The molecule has 3 aromatic rings. The molecule has 3 heteroatoms. The van der Waals surface area contributed by atoms with Gasteiger partial charge in [0.2, 0.25) is 0 Å². The summed E-state index contributed by atoms with van der Waals surface area (Å²) in [6.07, 6.45) is 4.63. The summed E-state index contributed by atoms with van der Waals surface area (Å²) in [6, 6.07) is 15.5. The van der Waals surface area contributed by atoms with Gasteiger partial charge in [-0.1, -0.05) is 36.4 Å². The second-order valence-electron chi connectivity index (χ2n) is 5.07. The highest BCUT2D eigenvalue weighted by Gasteiger charge is 2.10. The van der Waals surface area contributed by atoms with Gasteiger partial charge in [0.05, 0.1) is 0 Å². The lowest BCUT2D eigenvalue weighted by Gasteiger charge is -2.05. The van der Waals surface area contributed by atoms with Crippen molar-refractivity contribution in [1.82, 2.24) is 4.98 Å². The zero-order valence-corrected chi connectivity index (χ0v) is 11.6. The van der Waals surface area contributed by atoms with Gasteiger partial charge in [-0.15, -0.1) is 0 Å². The fourth-order valence-corrected chi connectivity index (χ4v) is 2.42. The number of rotatable bonds is 4. The van der Waals surface area contributed by atoms with E-state index in [0.29, 0.717) is 18.4 Å². The number of benzene rings is 2. The fourth-order valence-electron chi connectivity index (χ4n) is 2.42. The summed E-state index contributed by atoms with van der Waals surface area (Å²) in [6.45, 7) is 0. The monoisotopic (exact) mass is 276 g/mol. The van der Waals surface area contributed by atoms with Crippen LogP contribution in [-0.4, -0.2) is 10.8 Å². The molecule has 0 atom stereocenters. The van der Waals surface area contributed by atoms with Crippen LogP contribution in [0.15, 0.2) is 60.9 Å². The maximum atomic E-state index is 12.4. The maximum Gasteiger partial charge on any atom is 0.165 e. The number of hydrogen-bond acceptors (Lipinski definition) is 3. The first-order chi connectivity index (χ1) is 10.2. The van der Waals surface area contributed by atoms with Crippen molar-refractivity contribution in [3.63, 3.8) is 0 Å². The third kappa shape index (κ3) is 2.92. The second-order valence-corrected chi connectivity index (χ2v) is 5.07. The molecule has 0 saturated heterocycles. The molecule has 0 unspecified atom stereocenters. The van der Waals surface area contributed by atoms with Crippen LogP contribution in [0.2, 0.25) is 0 Å². The van der Waals surface area contributed by atoms with E-state index in [1.54, 1.807) is 12.4 Å². The van der Waals surface area contributed by atoms with Gasteiger partial charge in [-0.25, -0.2) is 0 Å². The number of anilines is 1. The van der Waals surface area contributed by atoms with E-state index in [1.807, 2.05) is 48.5 Å². The average molecular weight is 276 g/mol. The Hall–Kier alpha value is -2.68. The Balaban J connectivity index is 1.79. The molecule has 104 valence electrons. The molecule has 0 aliphatic carbocycles. The summed E-state index contributed by atoms with van der Waals surface area (Å²) in [5, 5.41) is 1.96. The van der Waals surface area contributed by atoms with E-state index < -0.39 is 0 Å². The van der Waals surface area contributed by atoms with Crippen molar-refractivity contribution in [2.45, 2.75) is 12.8 Å². The molecule has 2 N–H and O–H groups in total. The number of carbonyl (C=O) groups excluding carboxylic acids is 1. The van der Waals surface area contributed by atoms with Crippen molar-refractivity contribution in [2.75, 3.05) is 5.73 Å². The molecule has 0 bridgehead atoms. The number of nitrogens with two attached hydrogens (primary N) is 1. The minimum Gasteiger partial charge on any atom is -0.399 e. The number of pyridine rings is 1. The summed E-state index contributed by atoms with van der Waals surface area (Å²) < 4.78 is 0. The van der Waals surface area contributed by atoms with E-state index in [1.165, 1.54) is 0 Å². The molecule has 3 nitrogen and oxygen atoms in total. The lowest BCUT2D eigenvalue weighted by molar-refractivity contribution is 0.0984. The lowest BCUT2D eigenvalue weighted by Crippen LogP contribution is -2.03. The largest absolute Gasteiger partial charge is 0.399 e. The standard InChI is InChI=1S/C18H16N2O/c19-15-8-5-13(6-9-15)7-10-18(21)17-12-20-11-14-3-1-2-4-16(14)17/h1-6,8-9,11-12H,7,10,19H2. The normalized spacial score (nSPS) is 10.7. The number of Topliss-reactive ketones (excluding diaryl/α,β-unsaturated/α-hetero) is 1. The van der Waals surface area contributed by atoms with Gasteiger partial charge in [0.1, 0.15) is 0 Å². The van der Waals surface area contributed by atoms with Crippen LogP contribution in [0.1, 0.15) is 22.3 Å². The molecule has 1 heterocycles. The number of aromatic nitrogens is 1. The van der Waals surface area contributed by atoms with E-state index >= 15 is 0 Å². The third-order valence-corrected chi connectivity index (χ3v) is 3.59. The molecule has 2 aromatic carbocycles. The van der Waals surface area contributed by atoms with Gasteiger partial charge in [-0.3, -0.25) is 9.78 Å². The molecule has 0 aliphatic heterocycles. The molecule has 0 fully saturated rings. The van der Waals surface area contributed by atoms with Crippen LogP contribution >= 0.6 is 0 Å². The van der Waals surface area contributed by atoms with Gasteiger partial charge in [-0.05, 0) is 29.5 Å². The van der Waals surface area contributed by atoms with Crippen molar-refractivity contribution in [1.29, 1.82) is 0 Å². The van der Waals surface area contributed by atoms with Gasteiger partial charge in [0, 0.05) is 35.5 Å². The smallest absolute Gasteiger partial charge is 0.165 e. The Kier molecular flexibility index (Phi) is 3.65. The Labute approximate surface area is 123 Å². The van der Waals surface area contributed by atoms with Crippen LogP contribution in [-0.2, 0) is 6.42 Å². The predicted octanol–water partition coefficient (Wildman–Crippen LogP) is 3.63. The number of nitrogens with zero attached hydrogens (tertiary/aromatic N) is 1. The Morgan fingerprint density at radius 1 is 1.00 bits per heavy atom. The van der Waals surface area contributed by atoms with Crippen LogP contribution in [0.25, 0.3) is 10.8 Å². The van der Waals surface area contributed by atoms with Gasteiger partial charge in [0.15, 0.2) is 5.78 Å². The Morgan fingerprint density at radius 3 is 2.57 bits per heavy atom. The summed E-state index contributed by atoms with van der Waals surface area (Å²) in [4.78, 5) is 16.6. The number of carbonyl (C=O) groups is 1. The van der Waals surface area contributed by atoms with Crippen molar-refractivity contribution >= 4 is 22.2 Å². The molecule has 0 aliphatic rings. The highest BCUT2D eigenvalue weighted by molar-refractivity contribution is 6.07. The van der Waals surface area contributed by atoms with E-state index in [0.717, 1.165) is 22.0 Å². The zero-order chi connectivity index (χ0) is 14.7. The highest BCUT2D eigenvalue weighted by Crippen LogP contribution is 2.19. The van der Waals surface area contributed by atoms with E-state index in [9.17, 15) is 4.79 Å². The summed E-state index contributed by atoms with van der Waals surface area (Å²) in [7, 11) is 0. The lowest BCUT2D eigenvalue weighted by atomic mass is 10.00. The van der Waals surface area contributed by atoms with Gasteiger partial charge >= 0.3 is 0 Å². The molecule has 1 aromatic heterocycles. The van der Waals surface area contributed by atoms with Crippen LogP contribution in [0.4, 0.5) is 5.69 Å². The van der Waals surface area contributed by atoms with Gasteiger partial charge in [0.25, 0.3) is 0 Å². The zero-order valence-electron chi connectivity index (χ0n) is 11.6. The van der Waals surface area contributed by atoms with E-state index in [2.05, 4.69) is 4.98 Å². The Bertz CT molecular complexity index is 773. The quantitative estimate of drug-likeness (QED) is 0.584. The number of ketones is 1. The molecule has 0 saturated carbocycles. The second kappa shape index (κ2) is 5.75. The predicted molar refractivity (Wildman–Crippen MR) is 85.2 cm³/mol. The molecule has 3 rings (SSSR count). The molecule has 0 amide bonds. The first-order valence-electron chi connectivity index (χ1n) is 6.94. The minimum absolute atomic E-state index is 0.121. The first kappa shape index (κ1) is 13.3. The summed E-state index contributed by atoms with van der Waals surface area (Å²) >= 11 is 0. The highest BCUT2D eigenvalue weighted by atomic mass is 16.1. The van der Waals surface area contributed by atoms with Crippen molar-refractivity contribution in [3.8, 4) is 0 Å². The average Bonchev–Trinajstić information content (AvgIpc) is 2.53. The molecule has 0 radical (unpaired) electrons. The summed E-state index contributed by atoms with van der Waals surface area (Å²) in [5.41, 5.74) is 8.21. The first-order valence-corrected chi connectivity index (χ1v) is 6.94. The molecular formula is C18H16N2O. The van der Waals surface area contributed by atoms with Crippen LogP contribution in [0.3, 0.4) is 0 Å². The molecule has 0 spiro atoms. The van der Waals surface area contributed by atoms with Crippen LogP contribution in [0, 0.1) is 0 Å². The minimum atomic E-state index is 0.121. The van der Waals surface area contributed by atoms with Crippen LogP contribution < -0.4 is 5.73 Å². The number of hydrogen-bond donors (Lipinski definition) is 1. The Morgan fingerprint density at radius 2 is 1.76 bits per heavy atom. The van der Waals surface area contributed by atoms with Gasteiger partial charge < -0.3 is 5.73 Å². The third-order valence-electron chi connectivity index (χ3n) is 3.59. The number of nitrogen functional groups attached to an aromatic ring is 1. The van der Waals surface area contributed by atoms with Gasteiger partial charge in [-0.2, -0.15) is 0 Å².